The van der Waals surface area contributed by atoms with Crippen LogP contribution in [0.3, 0.4) is 0 Å². The summed E-state index contributed by atoms with van der Waals surface area (Å²) in [6, 6.07) is 0. The van der Waals surface area contributed by atoms with Gasteiger partial charge in [0.15, 0.2) is 0 Å². The van der Waals surface area contributed by atoms with E-state index in [1.807, 2.05) is 0 Å². The molecule has 2 fully saturated rings. The number of aliphatic hydroxyl groups is 4. The van der Waals surface area contributed by atoms with Gasteiger partial charge in [0.25, 0.3) is 5.85 Å². The monoisotopic (exact) mass is 180 g/mol. The predicted octanol–water partition coefficient (Wildman–Crippen LogP) is -2.49. The van der Waals surface area contributed by atoms with Gasteiger partial charge in [0.2, 0.25) is 0 Å². The van der Waals surface area contributed by atoms with Gasteiger partial charge in [-0.2, -0.15) is 0 Å². The number of rotatable bonds is 0. The Morgan fingerprint density at radius 1 is 1.00 bits per heavy atom. The molecule has 0 aromatic heterocycles. The smallest absolute Gasteiger partial charge is 0.267 e. The number of hydrogen-bond acceptors (Lipinski definition) is 5. The Bertz CT molecular complexity index is 194. The first-order valence-corrected chi connectivity index (χ1v) is 3.57. The molecule has 4 N–H and O–H groups in total. The third-order valence-corrected chi connectivity index (χ3v) is 2.44. The maximum absolute atomic E-state index is 13.3. The molecule has 0 spiro atoms. The molecule has 2 rings (SSSR count). The molecule has 2 aliphatic rings. The fourth-order valence-electron chi connectivity index (χ4n) is 1.69. The Morgan fingerprint density at radius 2 is 1.42 bits per heavy atom. The molecular formula is C6H9FO5. The van der Waals surface area contributed by atoms with Gasteiger partial charge in [-0.25, -0.2) is 4.39 Å². The zero-order chi connectivity index (χ0) is 9.09. The molecule has 70 valence electrons. The molecule has 12 heavy (non-hydrogen) atoms. The van der Waals surface area contributed by atoms with Crippen molar-refractivity contribution in [3.63, 3.8) is 0 Å². The normalized spacial score (nSPS) is 64.2. The molecule has 6 heteroatoms. The van der Waals surface area contributed by atoms with Crippen molar-refractivity contribution >= 4 is 0 Å². The van der Waals surface area contributed by atoms with E-state index in [1.54, 1.807) is 0 Å². The van der Waals surface area contributed by atoms with Crippen LogP contribution in [0.2, 0.25) is 0 Å². The Balaban J connectivity index is 2.33. The van der Waals surface area contributed by atoms with Gasteiger partial charge >= 0.3 is 0 Å². The van der Waals surface area contributed by atoms with Crippen LogP contribution < -0.4 is 0 Å². The lowest BCUT2D eigenvalue weighted by Gasteiger charge is -2.30. The van der Waals surface area contributed by atoms with Crippen LogP contribution in [0.5, 0.6) is 0 Å². The van der Waals surface area contributed by atoms with Crippen molar-refractivity contribution in [3.8, 4) is 0 Å². The molecule has 0 radical (unpaired) electrons. The van der Waals surface area contributed by atoms with Gasteiger partial charge in [-0.3, -0.25) is 0 Å². The van der Waals surface area contributed by atoms with E-state index >= 15 is 0 Å². The molecule has 0 amide bonds. The summed E-state index contributed by atoms with van der Waals surface area (Å²) in [5.41, 5.74) is 0. The summed E-state index contributed by atoms with van der Waals surface area (Å²) in [4.78, 5) is 0. The first kappa shape index (κ1) is 8.33. The zero-order valence-corrected chi connectivity index (χ0v) is 5.96. The minimum Gasteiger partial charge on any atom is -0.387 e. The molecule has 0 unspecified atom stereocenters. The summed E-state index contributed by atoms with van der Waals surface area (Å²) in [6.07, 6.45) is -7.77. The molecule has 2 aliphatic heterocycles. The lowest BCUT2D eigenvalue weighted by Crippen LogP contribution is -2.57. The van der Waals surface area contributed by atoms with Crippen LogP contribution in [0, 0.1) is 0 Å². The van der Waals surface area contributed by atoms with Crippen molar-refractivity contribution in [3.05, 3.63) is 0 Å². The van der Waals surface area contributed by atoms with Gasteiger partial charge in [-0.15, -0.1) is 0 Å². The topological polar surface area (TPSA) is 90.2 Å². The third kappa shape index (κ3) is 0.692. The maximum Gasteiger partial charge on any atom is 0.267 e. The molecule has 0 aliphatic carbocycles. The van der Waals surface area contributed by atoms with E-state index in [2.05, 4.69) is 4.74 Å². The first-order valence-electron chi connectivity index (χ1n) is 3.57. The van der Waals surface area contributed by atoms with Gasteiger partial charge in [0, 0.05) is 0 Å². The van der Waals surface area contributed by atoms with Crippen molar-refractivity contribution in [2.45, 2.75) is 36.4 Å². The van der Waals surface area contributed by atoms with Crippen molar-refractivity contribution in [1.29, 1.82) is 0 Å². The average molecular weight is 180 g/mol. The maximum atomic E-state index is 13.3. The number of ether oxygens (including phenoxy) is 1. The van der Waals surface area contributed by atoms with Crippen LogP contribution in [-0.4, -0.2) is 56.8 Å². The van der Waals surface area contributed by atoms with E-state index < -0.39 is 36.4 Å². The highest BCUT2D eigenvalue weighted by Crippen LogP contribution is 2.45. The van der Waals surface area contributed by atoms with Crippen molar-refractivity contribution in [2.24, 2.45) is 0 Å². The highest BCUT2D eigenvalue weighted by molar-refractivity contribution is 5.11. The van der Waals surface area contributed by atoms with E-state index in [9.17, 15) is 4.39 Å². The Hall–Kier alpha value is -0.270. The van der Waals surface area contributed by atoms with Crippen molar-refractivity contribution in [1.82, 2.24) is 0 Å². The standard InChI is InChI=1S/C6H9FO5/c7-6-4(10)1(8)3(12-6)2(9)5(6)11/h1-5,8-11H/t1-,2-,3?,4+,5+,6?/m1/s1. The summed E-state index contributed by atoms with van der Waals surface area (Å²) in [6.45, 7) is 0. The molecule has 4 atom stereocenters. The number of fused-ring (bicyclic) bond motifs is 2. The van der Waals surface area contributed by atoms with Crippen LogP contribution in [-0.2, 0) is 4.74 Å². The highest BCUT2D eigenvalue weighted by atomic mass is 19.2. The van der Waals surface area contributed by atoms with Gasteiger partial charge < -0.3 is 25.2 Å². The van der Waals surface area contributed by atoms with E-state index in [-0.39, 0.29) is 0 Å². The summed E-state index contributed by atoms with van der Waals surface area (Å²) < 4.78 is 17.8. The van der Waals surface area contributed by atoms with Gasteiger partial charge in [0.1, 0.15) is 30.5 Å². The highest BCUT2D eigenvalue weighted by Gasteiger charge is 2.69. The molecule has 2 bridgehead atoms. The van der Waals surface area contributed by atoms with Crippen LogP contribution in [0.4, 0.5) is 4.39 Å². The molecule has 2 saturated heterocycles. The quantitative estimate of drug-likeness (QED) is 0.331. The SMILES string of the molecule is O[C@@H]1C2OC(F)([C@H]1O)[C@@H](O)[C@@H]2O. The van der Waals surface area contributed by atoms with E-state index in [0.717, 1.165) is 0 Å². The van der Waals surface area contributed by atoms with Gasteiger partial charge in [0.05, 0.1) is 0 Å². The predicted molar refractivity (Wildman–Crippen MR) is 32.7 cm³/mol. The first-order chi connectivity index (χ1) is 5.48. The third-order valence-electron chi connectivity index (χ3n) is 2.44. The van der Waals surface area contributed by atoms with Crippen molar-refractivity contribution < 1.29 is 29.6 Å². The number of aliphatic hydroxyl groups excluding tert-OH is 4. The number of alkyl halides is 1. The second-order valence-corrected chi connectivity index (χ2v) is 3.15. The van der Waals surface area contributed by atoms with E-state index in [4.69, 9.17) is 20.4 Å². The van der Waals surface area contributed by atoms with Crippen LogP contribution in [0.1, 0.15) is 0 Å². The minimum atomic E-state index is -2.72. The largest absolute Gasteiger partial charge is 0.387 e. The lowest BCUT2D eigenvalue weighted by molar-refractivity contribution is -0.200. The molecule has 0 saturated carbocycles. The number of hydrogen-bond donors (Lipinski definition) is 4. The van der Waals surface area contributed by atoms with E-state index in [0.29, 0.717) is 0 Å². The van der Waals surface area contributed by atoms with Crippen molar-refractivity contribution in [2.75, 3.05) is 0 Å². The number of halogens is 1. The Labute approximate surface area is 67.0 Å². The summed E-state index contributed by atoms with van der Waals surface area (Å²) in [5.74, 6) is -2.72. The lowest BCUT2D eigenvalue weighted by atomic mass is 9.88. The summed E-state index contributed by atoms with van der Waals surface area (Å²) in [7, 11) is 0. The second kappa shape index (κ2) is 2.15. The average Bonchev–Trinajstić information content (AvgIpc) is 2.39. The van der Waals surface area contributed by atoms with Gasteiger partial charge in [-0.1, -0.05) is 0 Å². The molecule has 0 aromatic carbocycles. The fourth-order valence-corrected chi connectivity index (χ4v) is 1.69. The molecule has 2 heterocycles. The Morgan fingerprint density at radius 3 is 1.67 bits per heavy atom. The molecule has 0 aromatic rings. The fraction of sp³-hybridized carbons (Fsp3) is 1.00. The van der Waals surface area contributed by atoms with Crippen LogP contribution in [0.15, 0.2) is 0 Å². The molecular weight excluding hydrogens is 171 g/mol. The molecule has 5 nitrogen and oxygen atoms in total. The summed E-state index contributed by atoms with van der Waals surface area (Å²) >= 11 is 0. The van der Waals surface area contributed by atoms with Gasteiger partial charge in [-0.05, 0) is 0 Å². The van der Waals surface area contributed by atoms with Crippen LogP contribution >= 0.6 is 0 Å². The second-order valence-electron chi connectivity index (χ2n) is 3.15. The minimum absolute atomic E-state index is 1.24. The summed E-state index contributed by atoms with van der Waals surface area (Å²) in [5, 5.41) is 36.1. The van der Waals surface area contributed by atoms with E-state index in [1.165, 1.54) is 0 Å². The zero-order valence-electron chi connectivity index (χ0n) is 5.96. The Kier molecular flexibility index (Phi) is 1.49. The van der Waals surface area contributed by atoms with Crippen LogP contribution in [0.25, 0.3) is 0 Å².